The van der Waals surface area contributed by atoms with E-state index < -0.39 is 19.9 Å². The lowest BCUT2D eigenvalue weighted by atomic mass is 10.3. The van der Waals surface area contributed by atoms with E-state index in [9.17, 15) is 16.8 Å². The number of nitrogens with one attached hydrogen (secondary N) is 1. The van der Waals surface area contributed by atoms with Gasteiger partial charge in [-0.2, -0.15) is 0 Å². The van der Waals surface area contributed by atoms with Gasteiger partial charge in [0.05, 0.1) is 10.6 Å². The Hall–Kier alpha value is -1.51. The maximum atomic E-state index is 12.9. The fourth-order valence-corrected chi connectivity index (χ4v) is 7.12. The molecule has 1 fully saturated rings. The number of sulfonamides is 1. The summed E-state index contributed by atoms with van der Waals surface area (Å²) in [6.07, 6.45) is 5.66. The van der Waals surface area contributed by atoms with Gasteiger partial charge in [-0.05, 0) is 37.1 Å². The number of rotatable bonds is 6. The Balaban J connectivity index is 1.94. The lowest BCUT2D eigenvalue weighted by molar-refractivity contribution is 0.588. The van der Waals surface area contributed by atoms with Gasteiger partial charge in [0, 0.05) is 16.4 Å². The molecule has 0 saturated heterocycles. The minimum atomic E-state index is -4.03. The highest BCUT2D eigenvalue weighted by Gasteiger charge is 2.25. The number of hydrogen-bond acceptors (Lipinski definition) is 5. The Labute approximate surface area is 159 Å². The maximum Gasteiger partial charge on any atom is 0.263 e. The van der Waals surface area contributed by atoms with Crippen molar-refractivity contribution < 1.29 is 16.8 Å². The van der Waals surface area contributed by atoms with Crippen LogP contribution in [0.4, 0.5) is 5.69 Å². The number of para-hydroxylation sites is 1. The van der Waals surface area contributed by atoms with Gasteiger partial charge in [0.1, 0.15) is 4.90 Å². The highest BCUT2D eigenvalue weighted by molar-refractivity contribution is 8.00. The molecule has 0 aliphatic heterocycles. The highest BCUT2D eigenvalue weighted by Crippen LogP contribution is 2.38. The fraction of sp³-hybridized carbons (Fsp3) is 0.333. The summed E-state index contributed by atoms with van der Waals surface area (Å²) in [5.41, 5.74) is 0.479. The number of anilines is 1. The largest absolute Gasteiger partial charge is 0.278 e. The summed E-state index contributed by atoms with van der Waals surface area (Å²) in [4.78, 5) is 0.427. The molecule has 0 bridgehead atoms. The third-order valence-corrected chi connectivity index (χ3v) is 8.39. The summed E-state index contributed by atoms with van der Waals surface area (Å²) in [6.45, 7) is 0. The molecule has 0 spiro atoms. The van der Waals surface area contributed by atoms with Crippen LogP contribution in [0, 0.1) is 0 Å². The lowest BCUT2D eigenvalue weighted by Gasteiger charge is -2.16. The quantitative estimate of drug-likeness (QED) is 0.779. The first-order valence-corrected chi connectivity index (χ1v) is 12.6. The zero-order valence-electron chi connectivity index (χ0n) is 14.4. The molecule has 26 heavy (non-hydrogen) atoms. The van der Waals surface area contributed by atoms with E-state index in [-0.39, 0.29) is 9.79 Å². The summed E-state index contributed by atoms with van der Waals surface area (Å²) in [6, 6.07) is 12.9. The summed E-state index contributed by atoms with van der Waals surface area (Å²) >= 11 is 1.68. The second-order valence-electron chi connectivity index (χ2n) is 6.34. The van der Waals surface area contributed by atoms with E-state index in [1.165, 1.54) is 37.1 Å². The van der Waals surface area contributed by atoms with Crippen LogP contribution in [0.3, 0.4) is 0 Å². The Morgan fingerprint density at radius 1 is 0.885 bits per heavy atom. The van der Waals surface area contributed by atoms with Gasteiger partial charge in [-0.15, -0.1) is 11.8 Å². The molecule has 1 aliphatic rings. The lowest BCUT2D eigenvalue weighted by Crippen LogP contribution is -2.17. The number of thioether (sulfide) groups is 1. The molecule has 1 aliphatic carbocycles. The molecule has 1 saturated carbocycles. The van der Waals surface area contributed by atoms with E-state index in [0.717, 1.165) is 24.0 Å². The van der Waals surface area contributed by atoms with Gasteiger partial charge in [-0.3, -0.25) is 4.72 Å². The molecular weight excluding hydrogens is 390 g/mol. The third kappa shape index (κ3) is 4.42. The Bertz CT molecular complexity index is 995. The van der Waals surface area contributed by atoms with Crippen molar-refractivity contribution >= 4 is 37.3 Å². The van der Waals surface area contributed by atoms with Crippen LogP contribution in [-0.4, -0.2) is 28.3 Å². The summed E-state index contributed by atoms with van der Waals surface area (Å²) in [7, 11) is -7.69. The normalized spacial score (nSPS) is 15.9. The molecule has 0 atom stereocenters. The van der Waals surface area contributed by atoms with Crippen molar-refractivity contribution in [1.29, 1.82) is 0 Å². The highest BCUT2D eigenvalue weighted by atomic mass is 32.2. The molecule has 0 unspecified atom stereocenters. The average molecular weight is 412 g/mol. The minimum absolute atomic E-state index is 0.201. The van der Waals surface area contributed by atoms with Crippen molar-refractivity contribution in [3.63, 3.8) is 0 Å². The zero-order chi connectivity index (χ0) is 18.8. The van der Waals surface area contributed by atoms with Crippen LogP contribution in [0.5, 0.6) is 0 Å². The first-order valence-electron chi connectivity index (χ1n) is 8.35. The molecule has 0 amide bonds. The first-order chi connectivity index (χ1) is 12.3. The molecule has 2 aromatic carbocycles. The predicted octanol–water partition coefficient (Wildman–Crippen LogP) is 3.93. The van der Waals surface area contributed by atoms with Gasteiger partial charge in [-0.25, -0.2) is 16.8 Å². The van der Waals surface area contributed by atoms with E-state index in [1.54, 1.807) is 23.9 Å². The minimum Gasteiger partial charge on any atom is -0.278 e. The fourth-order valence-electron chi connectivity index (χ4n) is 3.02. The smallest absolute Gasteiger partial charge is 0.263 e. The van der Waals surface area contributed by atoms with Gasteiger partial charge in [-0.1, -0.05) is 37.1 Å². The summed E-state index contributed by atoms with van der Waals surface area (Å²) in [5, 5.41) is 0.490. The van der Waals surface area contributed by atoms with Crippen molar-refractivity contribution in [2.75, 3.05) is 11.0 Å². The van der Waals surface area contributed by atoms with E-state index in [0.29, 0.717) is 10.9 Å². The van der Waals surface area contributed by atoms with Crippen molar-refractivity contribution in [1.82, 2.24) is 0 Å². The van der Waals surface area contributed by atoms with Crippen molar-refractivity contribution in [3.05, 3.63) is 48.5 Å². The average Bonchev–Trinajstić information content (AvgIpc) is 3.09. The number of hydrogen-bond donors (Lipinski definition) is 1. The molecule has 1 N–H and O–H groups in total. The second kappa shape index (κ2) is 7.62. The van der Waals surface area contributed by atoms with Crippen LogP contribution in [-0.2, 0) is 19.9 Å². The van der Waals surface area contributed by atoms with Crippen molar-refractivity contribution in [2.45, 2.75) is 45.6 Å². The second-order valence-corrected chi connectivity index (χ2v) is 11.3. The van der Waals surface area contributed by atoms with E-state index in [1.807, 2.05) is 12.1 Å². The van der Waals surface area contributed by atoms with Crippen LogP contribution < -0.4 is 4.72 Å². The predicted molar refractivity (Wildman–Crippen MR) is 105 cm³/mol. The Morgan fingerprint density at radius 2 is 1.46 bits per heavy atom. The monoisotopic (exact) mass is 411 g/mol. The molecule has 8 heteroatoms. The Kier molecular flexibility index (Phi) is 5.64. The molecule has 5 nitrogen and oxygen atoms in total. The SMILES string of the molecule is CS(=O)(=O)c1ccccc1S(=O)(=O)Nc1ccccc1SC1CCCC1. The molecule has 3 rings (SSSR count). The van der Waals surface area contributed by atoms with E-state index in [2.05, 4.69) is 4.72 Å². The number of sulfone groups is 1. The van der Waals surface area contributed by atoms with Crippen LogP contribution in [0.1, 0.15) is 25.7 Å². The Morgan fingerprint density at radius 3 is 2.12 bits per heavy atom. The molecule has 0 aromatic heterocycles. The van der Waals surface area contributed by atoms with Crippen molar-refractivity contribution in [2.24, 2.45) is 0 Å². The van der Waals surface area contributed by atoms with Crippen LogP contribution >= 0.6 is 11.8 Å². The van der Waals surface area contributed by atoms with Gasteiger partial charge in [0.2, 0.25) is 0 Å². The molecule has 2 aromatic rings. The summed E-state index contributed by atoms with van der Waals surface area (Å²) < 4.78 is 52.2. The van der Waals surface area contributed by atoms with E-state index >= 15 is 0 Å². The molecule has 140 valence electrons. The van der Waals surface area contributed by atoms with Gasteiger partial charge in [0.15, 0.2) is 9.84 Å². The zero-order valence-corrected chi connectivity index (χ0v) is 16.8. The van der Waals surface area contributed by atoms with Gasteiger partial charge >= 0.3 is 0 Å². The van der Waals surface area contributed by atoms with Crippen LogP contribution in [0.15, 0.2) is 63.2 Å². The van der Waals surface area contributed by atoms with Crippen LogP contribution in [0.2, 0.25) is 0 Å². The first kappa shape index (κ1) is 19.3. The third-order valence-electron chi connectivity index (χ3n) is 4.27. The molecule has 0 radical (unpaired) electrons. The standard InChI is InChI=1S/C18H21NO4S3/c1-25(20,21)17-12-6-7-13-18(17)26(22,23)19-15-10-4-5-11-16(15)24-14-8-2-3-9-14/h4-7,10-14,19H,2-3,8-9H2,1H3. The van der Waals surface area contributed by atoms with E-state index in [4.69, 9.17) is 0 Å². The van der Waals surface area contributed by atoms with Crippen molar-refractivity contribution in [3.8, 4) is 0 Å². The van der Waals surface area contributed by atoms with Gasteiger partial charge in [0.25, 0.3) is 10.0 Å². The number of benzene rings is 2. The van der Waals surface area contributed by atoms with Gasteiger partial charge < -0.3 is 0 Å². The molecule has 0 heterocycles. The maximum absolute atomic E-state index is 12.9. The molecular formula is C18H21NO4S3. The topological polar surface area (TPSA) is 80.3 Å². The van der Waals surface area contributed by atoms with Crippen LogP contribution in [0.25, 0.3) is 0 Å². The summed E-state index contributed by atoms with van der Waals surface area (Å²) in [5.74, 6) is 0.